The average Bonchev–Trinajstić information content (AvgIpc) is 3.67. The van der Waals surface area contributed by atoms with Gasteiger partial charge in [0.15, 0.2) is 0 Å². The fourth-order valence-corrected chi connectivity index (χ4v) is 6.71. The van der Waals surface area contributed by atoms with Crippen molar-refractivity contribution < 1.29 is 4.79 Å². The molecule has 6 rings (SSSR count). The second-order valence-corrected chi connectivity index (χ2v) is 11.8. The molecule has 2 aromatic heterocycles. The van der Waals surface area contributed by atoms with Gasteiger partial charge in [0.25, 0.3) is 5.91 Å². The molecular weight excluding hydrogens is 507 g/mol. The number of rotatable bonds is 7. The van der Waals surface area contributed by atoms with Crippen LogP contribution in [0, 0.1) is 13.8 Å². The molecule has 190 valence electrons. The van der Waals surface area contributed by atoms with Crippen LogP contribution in [0.4, 0.5) is 0 Å². The van der Waals surface area contributed by atoms with Crippen LogP contribution in [0.1, 0.15) is 39.6 Å². The number of thiophene rings is 1. The molecule has 1 amide bonds. The predicted octanol–water partition coefficient (Wildman–Crippen LogP) is 7.84. The van der Waals surface area contributed by atoms with Crippen molar-refractivity contribution in [1.29, 1.82) is 0 Å². The molecule has 0 aliphatic carbocycles. The lowest BCUT2D eigenvalue weighted by atomic mass is 10.00. The first-order valence-electron chi connectivity index (χ1n) is 12.8. The SMILES string of the molecule is Cc1ccc([C@H]2CC(c3cccs3)=NN2C(=O)CSc2cn(Cc3cccc(C)c3)c3ccccc23)cc1. The third kappa shape index (κ3) is 5.06. The molecule has 3 aromatic carbocycles. The van der Waals surface area contributed by atoms with E-state index in [0.717, 1.165) is 34.0 Å². The maximum Gasteiger partial charge on any atom is 0.253 e. The molecule has 0 N–H and O–H groups in total. The number of fused-ring (bicyclic) bond motifs is 1. The molecule has 3 heterocycles. The number of aryl methyl sites for hydroxylation is 2. The van der Waals surface area contributed by atoms with Gasteiger partial charge in [-0.1, -0.05) is 83.9 Å². The molecule has 38 heavy (non-hydrogen) atoms. The van der Waals surface area contributed by atoms with E-state index in [1.54, 1.807) is 28.1 Å². The van der Waals surface area contributed by atoms with E-state index in [1.165, 1.54) is 27.6 Å². The molecule has 0 fully saturated rings. The summed E-state index contributed by atoms with van der Waals surface area (Å²) in [7, 11) is 0. The van der Waals surface area contributed by atoms with E-state index in [1.807, 2.05) is 6.07 Å². The lowest BCUT2D eigenvalue weighted by Gasteiger charge is -2.22. The molecule has 0 unspecified atom stereocenters. The summed E-state index contributed by atoms with van der Waals surface area (Å²) < 4.78 is 2.29. The second kappa shape index (κ2) is 10.6. The number of benzene rings is 3. The number of aromatic nitrogens is 1. The summed E-state index contributed by atoms with van der Waals surface area (Å²) in [5, 5.41) is 9.81. The van der Waals surface area contributed by atoms with Gasteiger partial charge < -0.3 is 4.57 Å². The fraction of sp³-hybridized carbons (Fsp3) is 0.188. The fourth-order valence-electron chi connectivity index (χ4n) is 5.05. The van der Waals surface area contributed by atoms with Gasteiger partial charge in [0.05, 0.1) is 22.4 Å². The highest BCUT2D eigenvalue weighted by atomic mass is 32.2. The number of nitrogens with zero attached hydrogens (tertiary/aromatic N) is 3. The Bertz CT molecular complexity index is 1620. The van der Waals surface area contributed by atoms with Crippen LogP contribution < -0.4 is 0 Å². The highest BCUT2D eigenvalue weighted by Gasteiger charge is 2.33. The monoisotopic (exact) mass is 535 g/mol. The van der Waals surface area contributed by atoms with Gasteiger partial charge in [-0.05, 0) is 42.5 Å². The van der Waals surface area contributed by atoms with Gasteiger partial charge in [0, 0.05) is 35.0 Å². The molecule has 0 saturated carbocycles. The van der Waals surface area contributed by atoms with Crippen LogP contribution in [0.25, 0.3) is 10.9 Å². The number of para-hydroxylation sites is 1. The molecule has 5 aromatic rings. The minimum Gasteiger partial charge on any atom is -0.342 e. The van der Waals surface area contributed by atoms with E-state index in [-0.39, 0.29) is 11.9 Å². The molecule has 0 spiro atoms. The van der Waals surface area contributed by atoms with Crippen LogP contribution in [0.3, 0.4) is 0 Å². The van der Waals surface area contributed by atoms with E-state index in [2.05, 4.69) is 109 Å². The lowest BCUT2D eigenvalue weighted by molar-refractivity contribution is -0.130. The van der Waals surface area contributed by atoms with Crippen LogP contribution in [0.2, 0.25) is 0 Å². The van der Waals surface area contributed by atoms with E-state index < -0.39 is 0 Å². The minimum absolute atomic E-state index is 0.0302. The lowest BCUT2D eigenvalue weighted by Crippen LogP contribution is -2.28. The van der Waals surface area contributed by atoms with E-state index in [9.17, 15) is 4.79 Å². The van der Waals surface area contributed by atoms with Crippen molar-refractivity contribution in [2.75, 3.05) is 5.75 Å². The number of hydrogen-bond acceptors (Lipinski definition) is 4. The Morgan fingerprint density at radius 2 is 1.82 bits per heavy atom. The standard InChI is InChI=1S/C32H29N3OS2/c1-22-12-14-25(15-13-22)29-18-27(30-11-6-16-37-30)33-35(29)32(36)21-38-31-20-34(28-10-4-3-9-26(28)31)19-24-8-5-7-23(2)17-24/h3-17,20,29H,18-19,21H2,1-2H3/t29-/m1/s1. The van der Waals surface area contributed by atoms with Crippen LogP contribution in [0.15, 0.2) is 107 Å². The van der Waals surface area contributed by atoms with E-state index in [4.69, 9.17) is 5.10 Å². The Kier molecular flexibility index (Phi) is 6.92. The van der Waals surface area contributed by atoms with Crippen molar-refractivity contribution in [3.63, 3.8) is 0 Å². The highest BCUT2D eigenvalue weighted by molar-refractivity contribution is 8.00. The topological polar surface area (TPSA) is 37.6 Å². The molecule has 0 bridgehead atoms. The predicted molar refractivity (Wildman–Crippen MR) is 159 cm³/mol. The summed E-state index contributed by atoms with van der Waals surface area (Å²) in [6.07, 6.45) is 2.92. The van der Waals surface area contributed by atoms with E-state index in [0.29, 0.717) is 5.75 Å². The summed E-state index contributed by atoms with van der Waals surface area (Å²) in [6, 6.07) is 29.6. The van der Waals surface area contributed by atoms with Crippen LogP contribution >= 0.6 is 23.1 Å². The first kappa shape index (κ1) is 24.7. The largest absolute Gasteiger partial charge is 0.342 e. The summed E-state index contributed by atoms with van der Waals surface area (Å²) in [6.45, 7) is 5.01. The summed E-state index contributed by atoms with van der Waals surface area (Å²) in [4.78, 5) is 15.9. The van der Waals surface area contributed by atoms with Crippen molar-refractivity contribution in [3.05, 3.63) is 124 Å². The van der Waals surface area contributed by atoms with Gasteiger partial charge in [0.1, 0.15) is 0 Å². The molecule has 1 aliphatic rings. The number of carbonyl (C=O) groups excluding carboxylic acids is 1. The zero-order valence-electron chi connectivity index (χ0n) is 21.5. The molecule has 0 saturated heterocycles. The Balaban J connectivity index is 1.25. The van der Waals surface area contributed by atoms with Crippen molar-refractivity contribution in [3.8, 4) is 0 Å². The van der Waals surface area contributed by atoms with Crippen molar-refractivity contribution in [2.45, 2.75) is 37.8 Å². The zero-order chi connectivity index (χ0) is 26.1. The molecule has 1 aliphatic heterocycles. The van der Waals surface area contributed by atoms with Crippen LogP contribution in [-0.4, -0.2) is 26.9 Å². The van der Waals surface area contributed by atoms with Crippen LogP contribution in [-0.2, 0) is 11.3 Å². The van der Waals surface area contributed by atoms with Gasteiger partial charge in [-0.2, -0.15) is 5.10 Å². The summed E-state index contributed by atoms with van der Waals surface area (Å²) in [5.74, 6) is 0.366. The second-order valence-electron chi connectivity index (χ2n) is 9.81. The summed E-state index contributed by atoms with van der Waals surface area (Å²) >= 11 is 3.27. The first-order chi connectivity index (χ1) is 18.5. The number of thioether (sulfide) groups is 1. The minimum atomic E-state index is -0.0801. The van der Waals surface area contributed by atoms with Gasteiger partial charge in [0.2, 0.25) is 0 Å². The molecular formula is C32H29N3OS2. The van der Waals surface area contributed by atoms with Gasteiger partial charge in [-0.15, -0.1) is 23.1 Å². The van der Waals surface area contributed by atoms with Gasteiger partial charge in [-0.3, -0.25) is 4.79 Å². The van der Waals surface area contributed by atoms with Crippen LogP contribution in [0.5, 0.6) is 0 Å². The Labute approximate surface area is 231 Å². The maximum absolute atomic E-state index is 13.7. The Morgan fingerprint density at radius 3 is 2.61 bits per heavy atom. The highest BCUT2D eigenvalue weighted by Crippen LogP contribution is 2.36. The smallest absolute Gasteiger partial charge is 0.253 e. The van der Waals surface area contributed by atoms with Crippen molar-refractivity contribution in [1.82, 2.24) is 9.58 Å². The quantitative estimate of drug-likeness (QED) is 0.199. The zero-order valence-corrected chi connectivity index (χ0v) is 23.1. The molecule has 1 atom stereocenters. The molecule has 6 heteroatoms. The van der Waals surface area contributed by atoms with Crippen molar-refractivity contribution >= 4 is 45.6 Å². The third-order valence-electron chi connectivity index (χ3n) is 6.97. The summed E-state index contributed by atoms with van der Waals surface area (Å²) in [5.41, 5.74) is 7.03. The first-order valence-corrected chi connectivity index (χ1v) is 14.7. The number of hydrogen-bond donors (Lipinski definition) is 0. The van der Waals surface area contributed by atoms with Gasteiger partial charge in [-0.25, -0.2) is 5.01 Å². The number of hydrazone groups is 1. The number of carbonyl (C=O) groups is 1. The third-order valence-corrected chi connectivity index (χ3v) is 8.92. The van der Waals surface area contributed by atoms with Crippen molar-refractivity contribution in [2.24, 2.45) is 5.10 Å². The van der Waals surface area contributed by atoms with Gasteiger partial charge >= 0.3 is 0 Å². The molecule has 4 nitrogen and oxygen atoms in total. The average molecular weight is 536 g/mol. The molecule has 0 radical (unpaired) electrons. The maximum atomic E-state index is 13.7. The normalized spacial score (nSPS) is 15.3. The Morgan fingerprint density at radius 1 is 0.974 bits per heavy atom. The number of amides is 1. The Hall–Kier alpha value is -3.61. The van der Waals surface area contributed by atoms with E-state index >= 15 is 0 Å².